The lowest BCUT2D eigenvalue weighted by molar-refractivity contribution is -0.858. The molecule has 3 aliphatic rings. The fraction of sp³-hybridized carbons (Fsp3) is 0.787. The van der Waals surface area contributed by atoms with Gasteiger partial charge >= 0.3 is 5.97 Å². The van der Waals surface area contributed by atoms with Crippen molar-refractivity contribution in [2.24, 2.45) is 5.92 Å². The average molecular weight is 1100 g/mol. The van der Waals surface area contributed by atoms with Crippen LogP contribution in [-0.4, -0.2) is 258 Å². The van der Waals surface area contributed by atoms with Crippen molar-refractivity contribution in [2.45, 2.75) is 164 Å². The van der Waals surface area contributed by atoms with Crippen LogP contribution in [0, 0.1) is 11.1 Å². The van der Waals surface area contributed by atoms with Crippen LogP contribution >= 0.6 is 0 Å². The van der Waals surface area contributed by atoms with Crippen molar-refractivity contribution in [3.05, 3.63) is 29.5 Å². The zero-order valence-corrected chi connectivity index (χ0v) is 43.1. The lowest BCUT2D eigenvalue weighted by Crippen LogP contribution is -2.61. The summed E-state index contributed by atoms with van der Waals surface area (Å²) >= 11 is 0. The highest BCUT2D eigenvalue weighted by Crippen LogP contribution is 2.24. The number of esters is 1. The number of nitrogens with zero attached hydrogens (tertiary/aromatic N) is 4. The van der Waals surface area contributed by atoms with Crippen LogP contribution in [0.15, 0.2) is 24.3 Å². The predicted molar refractivity (Wildman–Crippen MR) is 257 cm³/mol. The number of aliphatic hydroxyl groups excluding tert-OH is 8. The molecule has 29 heteroatoms. The van der Waals surface area contributed by atoms with E-state index in [1.807, 2.05) is 0 Å². The van der Waals surface area contributed by atoms with Gasteiger partial charge < -0.3 is 85.0 Å². The van der Waals surface area contributed by atoms with E-state index in [1.54, 1.807) is 13.0 Å². The Kier molecular flexibility index (Phi) is 28.7. The molecule has 4 unspecified atom stereocenters. The molecular formula is C47H80N6O23. The molecule has 436 valence electrons. The third-order valence-electron chi connectivity index (χ3n) is 12.9. The van der Waals surface area contributed by atoms with Gasteiger partial charge in [0.15, 0.2) is 18.6 Å². The van der Waals surface area contributed by atoms with E-state index < -0.39 is 133 Å². The standard InChI is InChI=1S/C47H80N6O23/c1-28(18-24-74-47-42(64)40(62)38(60)33(27-55)76-47)25-36(58)52(70)21-12-15-31(53(2,3)71)45(67)72-22-8-4-6-16-34(56)50(68)19-10-13-29-43(65)49-30(44(66)48-29)14-11-20-51(69)35(57)17-7-5-9-23-73-46-41(63)39(61)37(59)32(26-54)75-46/h4-7,28-33,37-42,46-47,54-55,59-64,68-70H,8-27H2,1-3H3,(H,48,66)(H,49,65)/b6-4+,7-5+/t28?,29?,30?,31?,32-,33-,37-,38-,39+,40+,41+,42+,46-,47-/m0/s1. The first-order chi connectivity index (χ1) is 35.9. The van der Waals surface area contributed by atoms with E-state index in [0.29, 0.717) is 15.2 Å². The molecule has 3 aliphatic heterocycles. The molecule has 0 bridgehead atoms. The quantitative estimate of drug-likeness (QED) is 0.00748. The van der Waals surface area contributed by atoms with E-state index in [0.717, 1.165) is 0 Å². The number of likely N-dealkylation sites (N-methyl/N-ethyl adjacent to an activating group) is 1. The van der Waals surface area contributed by atoms with Crippen molar-refractivity contribution in [3.63, 3.8) is 0 Å². The Bertz CT molecular complexity index is 1870. The summed E-state index contributed by atoms with van der Waals surface area (Å²) in [5.74, 6) is -4.04. The van der Waals surface area contributed by atoms with Crippen molar-refractivity contribution < 1.29 is 114 Å². The minimum atomic E-state index is -1.60. The molecule has 0 radical (unpaired) electrons. The van der Waals surface area contributed by atoms with Crippen LogP contribution in [0.4, 0.5) is 0 Å². The summed E-state index contributed by atoms with van der Waals surface area (Å²) in [6.07, 6.45) is -7.39. The highest BCUT2D eigenvalue weighted by atomic mass is 16.7. The normalized spacial score (nSPS) is 27.9. The van der Waals surface area contributed by atoms with Crippen LogP contribution in [-0.2, 0) is 52.5 Å². The molecule has 5 amide bonds. The maximum atomic E-state index is 12.9. The summed E-state index contributed by atoms with van der Waals surface area (Å²) in [6.45, 7) is -0.127. The fourth-order valence-corrected chi connectivity index (χ4v) is 8.16. The summed E-state index contributed by atoms with van der Waals surface area (Å²) in [6, 6.07) is -3.04. The Morgan fingerprint density at radius 1 is 0.632 bits per heavy atom. The number of hydrogen-bond acceptors (Lipinski definition) is 23. The minimum Gasteiger partial charge on any atom is -0.633 e. The second-order valence-corrected chi connectivity index (χ2v) is 19.4. The maximum Gasteiger partial charge on any atom is 0.365 e. The van der Waals surface area contributed by atoms with Crippen LogP contribution in [0.1, 0.15) is 84.0 Å². The summed E-state index contributed by atoms with van der Waals surface area (Å²) in [4.78, 5) is 75.8. The first-order valence-electron chi connectivity index (χ1n) is 25.4. The van der Waals surface area contributed by atoms with Gasteiger partial charge in [0.05, 0.1) is 47.1 Å². The number of ether oxygens (including phenoxy) is 5. The van der Waals surface area contributed by atoms with Crippen LogP contribution < -0.4 is 10.6 Å². The molecule has 3 saturated heterocycles. The zero-order chi connectivity index (χ0) is 56.7. The molecule has 0 aromatic carbocycles. The highest BCUT2D eigenvalue weighted by Gasteiger charge is 2.45. The molecule has 0 aromatic rings. The topological polar surface area (TPSA) is 428 Å². The Hall–Kier alpha value is -4.38. The van der Waals surface area contributed by atoms with Gasteiger partial charge in [-0.2, -0.15) is 0 Å². The van der Waals surface area contributed by atoms with E-state index in [-0.39, 0.29) is 122 Å². The molecule has 0 spiro atoms. The molecule has 0 aromatic heterocycles. The third-order valence-corrected chi connectivity index (χ3v) is 12.9. The number of amides is 5. The Morgan fingerprint density at radius 2 is 1.07 bits per heavy atom. The number of nitrogens with one attached hydrogen (secondary N) is 2. The molecule has 3 heterocycles. The first-order valence-corrected chi connectivity index (χ1v) is 25.4. The fourth-order valence-electron chi connectivity index (χ4n) is 8.16. The van der Waals surface area contributed by atoms with Crippen molar-refractivity contribution in [3.8, 4) is 0 Å². The lowest BCUT2D eigenvalue weighted by Gasteiger charge is -2.40. The van der Waals surface area contributed by atoms with Crippen molar-refractivity contribution >= 4 is 35.5 Å². The predicted octanol–water partition coefficient (Wildman–Crippen LogP) is -3.83. The smallest absolute Gasteiger partial charge is 0.365 e. The molecule has 29 nitrogen and oxygen atoms in total. The van der Waals surface area contributed by atoms with E-state index >= 15 is 0 Å². The van der Waals surface area contributed by atoms with Gasteiger partial charge in [-0.25, -0.2) is 20.0 Å². The molecule has 3 fully saturated rings. The number of carbonyl (C=O) groups excluding carboxylic acids is 6. The molecule has 14 atom stereocenters. The zero-order valence-electron chi connectivity index (χ0n) is 43.1. The van der Waals surface area contributed by atoms with Gasteiger partial charge in [-0.05, 0) is 57.3 Å². The first kappa shape index (κ1) is 65.9. The van der Waals surface area contributed by atoms with Crippen molar-refractivity contribution in [1.29, 1.82) is 0 Å². The Morgan fingerprint density at radius 3 is 1.53 bits per heavy atom. The second-order valence-electron chi connectivity index (χ2n) is 19.4. The van der Waals surface area contributed by atoms with Crippen LogP contribution in [0.3, 0.4) is 0 Å². The van der Waals surface area contributed by atoms with Crippen molar-refractivity contribution in [2.75, 3.05) is 66.8 Å². The van der Waals surface area contributed by atoms with Crippen molar-refractivity contribution in [1.82, 2.24) is 25.8 Å². The lowest BCUT2D eigenvalue weighted by atomic mass is 9.99. The molecule has 3 rings (SSSR count). The molecule has 76 heavy (non-hydrogen) atoms. The van der Waals surface area contributed by atoms with Gasteiger partial charge in [-0.3, -0.25) is 39.6 Å². The molecule has 13 N–H and O–H groups in total. The van der Waals surface area contributed by atoms with Gasteiger partial charge in [0.2, 0.25) is 29.5 Å². The maximum absolute atomic E-state index is 12.9. The van der Waals surface area contributed by atoms with Gasteiger partial charge in [0.25, 0.3) is 0 Å². The van der Waals surface area contributed by atoms with Gasteiger partial charge in [0.1, 0.15) is 60.9 Å². The van der Waals surface area contributed by atoms with E-state index in [2.05, 4.69) is 10.6 Å². The molecule has 0 aliphatic carbocycles. The molecular weight excluding hydrogens is 1020 g/mol. The Labute approximate surface area is 439 Å². The molecule has 0 saturated carbocycles. The number of quaternary nitrogens is 1. The van der Waals surface area contributed by atoms with E-state index in [9.17, 15) is 90.4 Å². The average Bonchev–Trinajstić information content (AvgIpc) is 3.37. The van der Waals surface area contributed by atoms with Crippen LogP contribution in [0.25, 0.3) is 0 Å². The monoisotopic (exact) mass is 1100 g/mol. The SMILES string of the molecule is CC(CCO[C@H]1O[C@@H](CO)[C@H](O)[C@@H](O)[C@H]1O)CC(=O)N(O)CCCC(C(=O)OCC/C=C/CC(=O)N(O)CCCC1NC(=O)C(CCCN(O)C(=O)C/C=C/CCO[C@H]2O[C@@H](CO)[C@H](O)[C@@H](O)[C@H]2O)NC1=O)[N+](C)(C)[O-]. The van der Waals surface area contributed by atoms with E-state index in [1.165, 1.54) is 32.3 Å². The largest absolute Gasteiger partial charge is 0.633 e. The second kappa shape index (κ2) is 33.1. The third kappa shape index (κ3) is 21.5. The van der Waals surface area contributed by atoms with E-state index in [4.69, 9.17) is 23.7 Å². The minimum absolute atomic E-state index is 0.00354. The number of carbonyl (C=O) groups is 6. The highest BCUT2D eigenvalue weighted by molar-refractivity contribution is 5.96. The van der Waals surface area contributed by atoms with Crippen LogP contribution in [0.2, 0.25) is 0 Å². The summed E-state index contributed by atoms with van der Waals surface area (Å²) in [5.41, 5.74) is 0. The Balaban J connectivity index is 1.24. The van der Waals surface area contributed by atoms with Gasteiger partial charge in [-0.1, -0.05) is 31.2 Å². The summed E-state index contributed by atoms with van der Waals surface area (Å²) < 4.78 is 25.6. The number of hydroxylamine groups is 9. The van der Waals surface area contributed by atoms with Crippen LogP contribution in [0.5, 0.6) is 0 Å². The number of piperazine rings is 1. The number of rotatable bonds is 33. The van der Waals surface area contributed by atoms with Gasteiger partial charge in [0, 0.05) is 45.3 Å². The summed E-state index contributed by atoms with van der Waals surface area (Å²) in [7, 11) is 2.50. The number of aliphatic hydroxyl groups is 8. The summed E-state index contributed by atoms with van der Waals surface area (Å²) in [5, 5.41) is 128. The van der Waals surface area contributed by atoms with Gasteiger partial charge in [-0.15, -0.1) is 0 Å². The number of hydrogen-bond donors (Lipinski definition) is 13.